The van der Waals surface area contributed by atoms with Crippen LogP contribution in [0.3, 0.4) is 0 Å². The van der Waals surface area contributed by atoms with E-state index in [1.807, 2.05) is 52.2 Å². The van der Waals surface area contributed by atoms with Crippen LogP contribution in [0.5, 0.6) is 0 Å². The number of carbonyl (C=O) groups is 1. The summed E-state index contributed by atoms with van der Waals surface area (Å²) >= 11 is 5.94. The third kappa shape index (κ3) is 6.69. The van der Waals surface area contributed by atoms with Crippen LogP contribution in [-0.4, -0.2) is 67.1 Å². The van der Waals surface area contributed by atoms with Crippen LogP contribution in [-0.2, 0) is 6.54 Å². The van der Waals surface area contributed by atoms with Crippen molar-refractivity contribution in [1.82, 2.24) is 20.5 Å². The predicted octanol–water partition coefficient (Wildman–Crippen LogP) is 4.63. The van der Waals surface area contributed by atoms with Crippen LogP contribution in [0.2, 0.25) is 5.02 Å². The second kappa shape index (κ2) is 13.8. The summed E-state index contributed by atoms with van der Waals surface area (Å²) in [7, 11) is 4.00. The topological polar surface area (TPSA) is 108 Å². The summed E-state index contributed by atoms with van der Waals surface area (Å²) in [6.45, 7) is 7.51. The largest absolute Gasteiger partial charge is 0.366 e. The molecule has 1 amide bonds. The summed E-state index contributed by atoms with van der Waals surface area (Å²) in [4.78, 5) is 32.2. The van der Waals surface area contributed by atoms with Gasteiger partial charge in [-0.05, 0) is 57.4 Å². The number of aromatic nitrogens is 1. The minimum Gasteiger partial charge on any atom is -0.366 e. The van der Waals surface area contributed by atoms with Gasteiger partial charge in [0, 0.05) is 48.7 Å². The number of anilines is 1. The van der Waals surface area contributed by atoms with E-state index in [9.17, 15) is 14.9 Å². The first-order valence-corrected chi connectivity index (χ1v) is 12.8. The van der Waals surface area contributed by atoms with Gasteiger partial charge in [-0.3, -0.25) is 9.59 Å². The smallest absolute Gasteiger partial charge is 0.271 e. The Labute approximate surface area is 224 Å². The fourth-order valence-corrected chi connectivity index (χ4v) is 4.62. The molecule has 3 aromatic rings. The van der Waals surface area contributed by atoms with Gasteiger partial charge in [0.05, 0.1) is 11.2 Å². The van der Waals surface area contributed by atoms with E-state index in [1.165, 1.54) is 0 Å². The first-order chi connectivity index (χ1) is 17.4. The average Bonchev–Trinajstić information content (AvgIpc) is 2.90. The van der Waals surface area contributed by atoms with Gasteiger partial charge in [-0.2, -0.15) is 5.26 Å². The number of piperazine rings is 1. The Morgan fingerprint density at radius 1 is 1.03 bits per heavy atom. The number of benzene rings is 2. The maximum Gasteiger partial charge on any atom is 0.271 e. The summed E-state index contributed by atoms with van der Waals surface area (Å²) in [6, 6.07) is 16.8. The zero-order valence-corrected chi connectivity index (χ0v) is 23.0. The second-order valence-electron chi connectivity index (χ2n) is 8.75. The number of nitriles is 1. The fraction of sp³-hybridized carbons (Fsp3) is 0.393. The zero-order chi connectivity index (χ0) is 26.2. The number of hydrogen-bond acceptors (Lipinski definition) is 6. The molecule has 0 spiro atoms. The highest BCUT2D eigenvalue weighted by Crippen LogP contribution is 2.30. The van der Waals surface area contributed by atoms with E-state index < -0.39 is 0 Å². The molecule has 4 rings (SSSR count). The molecule has 1 saturated heterocycles. The summed E-state index contributed by atoms with van der Waals surface area (Å²) in [5.74, 6) is -0.0435. The van der Waals surface area contributed by atoms with Crippen molar-refractivity contribution in [2.24, 2.45) is 0 Å². The van der Waals surface area contributed by atoms with Gasteiger partial charge in [-0.15, -0.1) is 0 Å². The van der Waals surface area contributed by atoms with Crippen molar-refractivity contribution < 1.29 is 4.79 Å². The lowest BCUT2D eigenvalue weighted by Crippen LogP contribution is -2.49. The molecule has 3 N–H and O–H groups in total. The van der Waals surface area contributed by atoms with Crippen molar-refractivity contribution in [1.29, 1.82) is 5.26 Å². The number of fused-ring (bicyclic) bond motifs is 1. The Morgan fingerprint density at radius 2 is 1.65 bits per heavy atom. The molecule has 0 saturated carbocycles. The molecule has 1 fully saturated rings. The van der Waals surface area contributed by atoms with Crippen molar-refractivity contribution in [3.05, 3.63) is 75.0 Å². The van der Waals surface area contributed by atoms with Gasteiger partial charge >= 0.3 is 0 Å². The summed E-state index contributed by atoms with van der Waals surface area (Å²) in [5.41, 5.74) is 2.02. The van der Waals surface area contributed by atoms with E-state index in [0.29, 0.717) is 49.0 Å². The highest BCUT2D eigenvalue weighted by Gasteiger charge is 2.27. The lowest BCUT2D eigenvalue weighted by atomic mass is 10.1. The third-order valence-electron chi connectivity index (χ3n) is 6.22. The van der Waals surface area contributed by atoms with Crippen LogP contribution in [0.25, 0.3) is 10.9 Å². The predicted molar refractivity (Wildman–Crippen MR) is 152 cm³/mol. The van der Waals surface area contributed by atoms with Crippen LogP contribution in [0.15, 0.2) is 53.3 Å². The van der Waals surface area contributed by atoms with Gasteiger partial charge in [0.25, 0.3) is 11.5 Å². The number of aryl methyl sites for hydroxylation is 1. The Balaban J connectivity index is 0.00000157. The Hall–Kier alpha value is -3.38. The molecule has 8 nitrogen and oxygen atoms in total. The minimum absolute atomic E-state index is 0. The summed E-state index contributed by atoms with van der Waals surface area (Å²) < 4.78 is 1.72. The molecule has 9 heteroatoms. The molecule has 37 heavy (non-hydrogen) atoms. The SMILES string of the molecule is CC.CN(C)CCCn1c(=O)c(C#N)c(N2CCN(C(=O)c3ccc(Cl)cc3)CC2)c2ccccc21.N. The maximum absolute atomic E-state index is 13.4. The summed E-state index contributed by atoms with van der Waals surface area (Å²) in [6.07, 6.45) is 0.812. The molecule has 0 radical (unpaired) electrons. The quantitative estimate of drug-likeness (QED) is 0.503. The van der Waals surface area contributed by atoms with E-state index in [-0.39, 0.29) is 23.2 Å². The number of rotatable bonds is 6. The number of nitrogens with zero attached hydrogens (tertiary/aromatic N) is 5. The fourth-order valence-electron chi connectivity index (χ4n) is 4.49. The van der Waals surface area contributed by atoms with Crippen molar-refractivity contribution in [3.63, 3.8) is 0 Å². The summed E-state index contributed by atoms with van der Waals surface area (Å²) in [5, 5.41) is 11.4. The van der Waals surface area contributed by atoms with Gasteiger partial charge in [0.1, 0.15) is 11.6 Å². The number of pyridine rings is 1. The van der Waals surface area contributed by atoms with Gasteiger partial charge in [-0.1, -0.05) is 43.6 Å². The number of amides is 1. The molecule has 198 valence electrons. The molecule has 0 atom stereocenters. The van der Waals surface area contributed by atoms with Crippen LogP contribution in [0.4, 0.5) is 5.69 Å². The lowest BCUT2D eigenvalue weighted by Gasteiger charge is -2.37. The first kappa shape index (κ1) is 29.8. The molecule has 2 heterocycles. The van der Waals surface area contributed by atoms with Gasteiger partial charge < -0.3 is 25.4 Å². The number of para-hydroxylation sites is 1. The van der Waals surface area contributed by atoms with E-state index in [2.05, 4.69) is 15.9 Å². The molecule has 0 aliphatic carbocycles. The van der Waals surface area contributed by atoms with Crippen LogP contribution < -0.4 is 16.6 Å². The van der Waals surface area contributed by atoms with E-state index in [1.54, 1.807) is 33.7 Å². The second-order valence-corrected chi connectivity index (χ2v) is 9.19. The van der Waals surface area contributed by atoms with Crippen LogP contribution >= 0.6 is 11.6 Å². The van der Waals surface area contributed by atoms with Crippen molar-refractivity contribution in [3.8, 4) is 6.07 Å². The van der Waals surface area contributed by atoms with Crippen molar-refractivity contribution in [2.45, 2.75) is 26.8 Å². The molecule has 2 aromatic carbocycles. The first-order valence-electron chi connectivity index (χ1n) is 12.4. The molecule has 0 unspecified atom stereocenters. The van der Waals surface area contributed by atoms with Gasteiger partial charge in [0.15, 0.2) is 0 Å². The van der Waals surface area contributed by atoms with E-state index in [4.69, 9.17) is 11.6 Å². The average molecular weight is 525 g/mol. The molecule has 0 bridgehead atoms. The zero-order valence-electron chi connectivity index (χ0n) is 22.2. The van der Waals surface area contributed by atoms with Crippen LogP contribution in [0, 0.1) is 11.3 Å². The highest BCUT2D eigenvalue weighted by atomic mass is 35.5. The van der Waals surface area contributed by atoms with E-state index >= 15 is 0 Å². The molecule has 1 aliphatic heterocycles. The van der Waals surface area contributed by atoms with Crippen molar-refractivity contribution in [2.75, 3.05) is 51.7 Å². The number of hydrogen-bond donors (Lipinski definition) is 1. The molecule has 1 aliphatic rings. The normalized spacial score (nSPS) is 13.0. The molecular weight excluding hydrogens is 488 g/mol. The van der Waals surface area contributed by atoms with Gasteiger partial charge in [0.2, 0.25) is 0 Å². The van der Waals surface area contributed by atoms with E-state index in [0.717, 1.165) is 23.9 Å². The van der Waals surface area contributed by atoms with Crippen molar-refractivity contribution >= 4 is 34.1 Å². The Morgan fingerprint density at radius 3 is 2.24 bits per heavy atom. The highest BCUT2D eigenvalue weighted by molar-refractivity contribution is 6.30. The Kier molecular flexibility index (Phi) is 11.1. The monoisotopic (exact) mass is 524 g/mol. The lowest BCUT2D eigenvalue weighted by molar-refractivity contribution is 0.0747. The minimum atomic E-state index is -0.255. The standard InChI is InChI=1S/C26H28ClN5O2.C2H6.H3N/c1-29(2)12-5-13-32-23-7-4-3-6-21(23)24(22(18-28)26(32)34)30-14-16-31(17-15-30)25(33)19-8-10-20(27)11-9-19;1-2;/h3-4,6-11H,5,12-17H2,1-2H3;1-2H3;1H3. The molecule has 1 aromatic heterocycles. The van der Waals surface area contributed by atoms with Crippen LogP contribution in [0.1, 0.15) is 36.2 Å². The third-order valence-corrected chi connectivity index (χ3v) is 6.47. The Bertz CT molecular complexity index is 1290. The maximum atomic E-state index is 13.4. The number of carbonyl (C=O) groups excluding carboxylic acids is 1. The molecular formula is C28H37ClN6O2. The van der Waals surface area contributed by atoms with Gasteiger partial charge in [-0.25, -0.2) is 0 Å². The number of halogens is 1.